The Kier molecular flexibility index (Phi) is 7.47. The molecule has 0 spiro atoms. The van der Waals surface area contributed by atoms with Crippen LogP contribution in [-0.2, 0) is 27.6 Å². The van der Waals surface area contributed by atoms with E-state index in [2.05, 4.69) is 0 Å². The van der Waals surface area contributed by atoms with Crippen molar-refractivity contribution in [2.45, 2.75) is 24.1 Å². The summed E-state index contributed by atoms with van der Waals surface area (Å²) in [6.45, 7) is 2.50. The van der Waals surface area contributed by atoms with Crippen LogP contribution in [0.5, 0.6) is 0 Å². The first-order valence-corrected chi connectivity index (χ1v) is 13.9. The molecule has 0 unspecified atom stereocenters. The molecule has 0 radical (unpaired) electrons. The van der Waals surface area contributed by atoms with Gasteiger partial charge in [0.15, 0.2) is 15.6 Å². The van der Waals surface area contributed by atoms with Gasteiger partial charge in [0, 0.05) is 24.5 Å². The normalized spacial score (nSPS) is 11.9. The van der Waals surface area contributed by atoms with Crippen LogP contribution in [0.2, 0.25) is 4.34 Å². The van der Waals surface area contributed by atoms with E-state index >= 15 is 4.39 Å². The van der Waals surface area contributed by atoms with Gasteiger partial charge in [-0.3, -0.25) is 14.2 Å². The number of ketones is 1. The number of carbonyl (C=O) groups is 1. The van der Waals surface area contributed by atoms with Gasteiger partial charge in [-0.25, -0.2) is 12.8 Å². The Bertz CT molecular complexity index is 1640. The molecule has 4 aromatic rings. The number of halogens is 2. The highest BCUT2D eigenvalue weighted by Gasteiger charge is 2.22. The van der Waals surface area contributed by atoms with Crippen LogP contribution in [0.4, 0.5) is 4.39 Å². The van der Waals surface area contributed by atoms with Gasteiger partial charge in [-0.15, -0.1) is 11.3 Å². The third-order valence-corrected chi connectivity index (χ3v) is 9.11. The number of pyridine rings is 1. The van der Waals surface area contributed by atoms with Gasteiger partial charge in [-0.1, -0.05) is 35.4 Å². The Labute approximate surface area is 217 Å². The third kappa shape index (κ3) is 5.59. The number of thiophene rings is 1. The quantitative estimate of drug-likeness (QED) is 0.317. The van der Waals surface area contributed by atoms with Crippen molar-refractivity contribution in [3.63, 3.8) is 0 Å². The number of fused-ring (bicyclic) bond motifs is 1. The van der Waals surface area contributed by atoms with E-state index in [0.29, 0.717) is 21.8 Å². The Morgan fingerprint density at radius 1 is 1.08 bits per heavy atom. The molecule has 4 rings (SSSR count). The summed E-state index contributed by atoms with van der Waals surface area (Å²) in [5, 5.41) is 1.30. The van der Waals surface area contributed by atoms with Crippen LogP contribution in [0.1, 0.15) is 16.7 Å². The van der Waals surface area contributed by atoms with Crippen LogP contribution in [-0.4, -0.2) is 43.5 Å². The molecule has 36 heavy (non-hydrogen) atoms. The minimum absolute atomic E-state index is 0.0155. The second-order valence-electron chi connectivity index (χ2n) is 8.94. The zero-order chi connectivity index (χ0) is 26.2. The average Bonchev–Trinajstić information content (AvgIpc) is 3.23. The second kappa shape index (κ2) is 10.3. The lowest BCUT2D eigenvalue weighted by Crippen LogP contribution is -2.22. The summed E-state index contributed by atoms with van der Waals surface area (Å²) in [6, 6.07) is 12.5. The maximum absolute atomic E-state index is 15.2. The van der Waals surface area contributed by atoms with Crippen LogP contribution < -0.4 is 5.56 Å². The second-order valence-corrected chi connectivity index (χ2v) is 12.9. The number of aryl methyl sites for hydroxylation is 1. The van der Waals surface area contributed by atoms with Crippen LogP contribution >= 0.6 is 22.9 Å². The first-order chi connectivity index (χ1) is 16.9. The van der Waals surface area contributed by atoms with E-state index in [0.717, 1.165) is 27.8 Å². The maximum Gasteiger partial charge on any atom is 0.263 e. The molecule has 0 fully saturated rings. The summed E-state index contributed by atoms with van der Waals surface area (Å²) >= 11 is 6.68. The van der Waals surface area contributed by atoms with E-state index in [9.17, 15) is 18.0 Å². The summed E-state index contributed by atoms with van der Waals surface area (Å²) in [6.07, 6.45) is 1.39. The highest BCUT2D eigenvalue weighted by atomic mass is 35.5. The SMILES string of the molecule is Cc1ccc2c(=O)n(-c3ccc(CC(=O)CS(=O)(=O)c4ccc(Cl)s4)cc3F)cc(CN(C)C)c2c1. The lowest BCUT2D eigenvalue weighted by Gasteiger charge is -2.17. The molecule has 2 heterocycles. The van der Waals surface area contributed by atoms with Crippen molar-refractivity contribution in [2.75, 3.05) is 19.8 Å². The molecule has 2 aromatic heterocycles. The molecule has 10 heteroatoms. The summed E-state index contributed by atoms with van der Waals surface area (Å²) in [7, 11) is 0.00381. The van der Waals surface area contributed by atoms with Crippen molar-refractivity contribution in [3.05, 3.63) is 91.9 Å². The van der Waals surface area contributed by atoms with Gasteiger partial charge in [0.2, 0.25) is 0 Å². The smallest absolute Gasteiger partial charge is 0.263 e. The van der Waals surface area contributed by atoms with Gasteiger partial charge >= 0.3 is 0 Å². The number of carbonyl (C=O) groups excluding carboxylic acids is 1. The van der Waals surface area contributed by atoms with Crippen LogP contribution in [0.15, 0.2) is 63.7 Å². The molecule has 0 amide bonds. The molecule has 0 atom stereocenters. The molecule has 2 aromatic carbocycles. The van der Waals surface area contributed by atoms with E-state index in [1.807, 2.05) is 38.1 Å². The molecular formula is C26H24ClFN2O4S2. The largest absolute Gasteiger partial charge is 0.305 e. The van der Waals surface area contributed by atoms with Gasteiger partial charge in [-0.2, -0.15) is 0 Å². The van der Waals surface area contributed by atoms with Crippen LogP contribution in [0.3, 0.4) is 0 Å². The van der Waals surface area contributed by atoms with Crippen LogP contribution in [0.25, 0.3) is 16.5 Å². The summed E-state index contributed by atoms with van der Waals surface area (Å²) in [5.74, 6) is -1.96. The summed E-state index contributed by atoms with van der Waals surface area (Å²) < 4.78 is 41.7. The number of sulfone groups is 1. The Morgan fingerprint density at radius 3 is 2.47 bits per heavy atom. The number of hydrogen-bond acceptors (Lipinski definition) is 6. The highest BCUT2D eigenvalue weighted by Crippen LogP contribution is 2.27. The molecule has 0 aliphatic carbocycles. The number of hydrogen-bond donors (Lipinski definition) is 0. The fourth-order valence-electron chi connectivity index (χ4n) is 4.05. The fourth-order valence-corrected chi connectivity index (χ4v) is 6.86. The minimum atomic E-state index is -3.82. The molecule has 188 valence electrons. The van der Waals surface area contributed by atoms with Crippen molar-refractivity contribution >= 4 is 49.3 Å². The summed E-state index contributed by atoms with van der Waals surface area (Å²) in [5.41, 5.74) is 1.91. The number of nitrogens with zero attached hydrogens (tertiary/aromatic N) is 2. The monoisotopic (exact) mass is 546 g/mol. The van der Waals surface area contributed by atoms with Gasteiger partial charge < -0.3 is 4.90 Å². The standard InChI is InChI=1S/C26H24ClFN2O4S2/c1-16-4-6-20-21(10-16)18(13-29(2)3)14-30(26(20)32)23-7-5-17(12-22(23)28)11-19(31)15-36(33,34)25-9-8-24(27)35-25/h4-10,12,14H,11,13,15H2,1-3H3. The third-order valence-electron chi connectivity index (χ3n) is 5.62. The molecule has 0 aliphatic heterocycles. The Hall–Kier alpha value is -2.85. The zero-order valence-corrected chi connectivity index (χ0v) is 22.3. The van der Waals surface area contributed by atoms with E-state index < -0.39 is 27.2 Å². The molecule has 0 N–H and O–H groups in total. The van der Waals surface area contributed by atoms with E-state index in [1.165, 1.54) is 34.9 Å². The van der Waals surface area contributed by atoms with Crippen molar-refractivity contribution in [1.82, 2.24) is 9.47 Å². The van der Waals surface area contributed by atoms with Gasteiger partial charge in [0.1, 0.15) is 15.8 Å². The number of aromatic nitrogens is 1. The fraction of sp³-hybridized carbons (Fsp3) is 0.231. The van der Waals surface area contributed by atoms with Gasteiger partial charge in [0.25, 0.3) is 5.56 Å². The van der Waals surface area contributed by atoms with Crippen LogP contribution in [0, 0.1) is 12.7 Å². The average molecular weight is 547 g/mol. The van der Waals surface area contributed by atoms with Crippen molar-refractivity contribution in [2.24, 2.45) is 0 Å². The predicted octanol–water partition coefficient (Wildman–Crippen LogP) is 4.80. The zero-order valence-electron chi connectivity index (χ0n) is 19.9. The summed E-state index contributed by atoms with van der Waals surface area (Å²) in [4.78, 5) is 27.7. The molecular weight excluding hydrogens is 523 g/mol. The van der Waals surface area contributed by atoms with Crippen molar-refractivity contribution in [1.29, 1.82) is 0 Å². The van der Waals surface area contributed by atoms with Gasteiger partial charge in [0.05, 0.1) is 10.0 Å². The molecule has 0 saturated carbocycles. The number of benzene rings is 2. The number of Topliss-reactive ketones (excluding diaryl/α,β-unsaturated/α-hetero) is 1. The molecule has 0 bridgehead atoms. The molecule has 0 saturated heterocycles. The molecule has 6 nitrogen and oxygen atoms in total. The minimum Gasteiger partial charge on any atom is -0.305 e. The number of rotatable bonds is 8. The van der Waals surface area contributed by atoms with Crippen molar-refractivity contribution < 1.29 is 17.6 Å². The molecule has 0 aliphatic rings. The topological polar surface area (TPSA) is 76.5 Å². The first-order valence-electron chi connectivity index (χ1n) is 11.0. The maximum atomic E-state index is 15.2. The first kappa shape index (κ1) is 26.2. The van der Waals surface area contributed by atoms with Gasteiger partial charge in [-0.05, 0) is 67.9 Å². The lowest BCUT2D eigenvalue weighted by molar-refractivity contribution is -0.116. The van der Waals surface area contributed by atoms with E-state index in [1.54, 1.807) is 12.3 Å². The Morgan fingerprint density at radius 2 is 1.83 bits per heavy atom. The van der Waals surface area contributed by atoms with E-state index in [-0.39, 0.29) is 21.9 Å². The highest BCUT2D eigenvalue weighted by molar-refractivity contribution is 7.94. The van der Waals surface area contributed by atoms with E-state index in [4.69, 9.17) is 11.6 Å². The lowest BCUT2D eigenvalue weighted by atomic mass is 10.0. The van der Waals surface area contributed by atoms with Crippen molar-refractivity contribution in [3.8, 4) is 5.69 Å². The predicted molar refractivity (Wildman–Crippen MR) is 142 cm³/mol. The Balaban J connectivity index is 1.64.